The molecular formula is C9H17NO3S2. The van der Waals surface area contributed by atoms with Gasteiger partial charge < -0.3 is 5.32 Å². The molecule has 0 aliphatic heterocycles. The van der Waals surface area contributed by atoms with Gasteiger partial charge in [-0.1, -0.05) is 0 Å². The average molecular weight is 251 g/mol. The van der Waals surface area contributed by atoms with Crippen molar-refractivity contribution < 1.29 is 13.2 Å². The van der Waals surface area contributed by atoms with Gasteiger partial charge in [0.25, 0.3) is 0 Å². The highest BCUT2D eigenvalue weighted by Crippen LogP contribution is 2.49. The van der Waals surface area contributed by atoms with Crippen molar-refractivity contribution in [1.82, 2.24) is 5.32 Å². The number of hydrogen-bond donors (Lipinski definition) is 2. The van der Waals surface area contributed by atoms with E-state index in [1.165, 1.54) is 0 Å². The number of carbonyl (C=O) groups is 1. The van der Waals surface area contributed by atoms with E-state index in [1.807, 2.05) is 0 Å². The molecule has 1 saturated carbocycles. The largest absolute Gasteiger partial charge is 0.355 e. The molecule has 0 unspecified atom stereocenters. The summed E-state index contributed by atoms with van der Waals surface area (Å²) in [6, 6.07) is 0. The van der Waals surface area contributed by atoms with E-state index in [0.29, 0.717) is 6.42 Å². The van der Waals surface area contributed by atoms with Gasteiger partial charge in [-0.3, -0.25) is 4.79 Å². The number of amides is 1. The third kappa shape index (κ3) is 4.88. The zero-order valence-electron chi connectivity index (χ0n) is 8.82. The molecule has 0 spiro atoms. The minimum atomic E-state index is -2.98. The van der Waals surface area contributed by atoms with Crippen LogP contribution in [0.15, 0.2) is 0 Å². The second kappa shape index (κ2) is 4.74. The van der Waals surface area contributed by atoms with Gasteiger partial charge in [0.2, 0.25) is 5.91 Å². The van der Waals surface area contributed by atoms with E-state index in [1.54, 1.807) is 0 Å². The lowest BCUT2D eigenvalue weighted by atomic mass is 10.1. The van der Waals surface area contributed by atoms with Crippen LogP contribution in [0, 0.1) is 5.41 Å². The van der Waals surface area contributed by atoms with Crippen molar-refractivity contribution in [2.24, 2.45) is 5.41 Å². The lowest BCUT2D eigenvalue weighted by Gasteiger charge is -2.11. The average Bonchev–Trinajstić information content (AvgIpc) is 2.83. The SMILES string of the molecule is CS(=O)(=O)CCNC(=O)CC1(CS)CC1. The maximum atomic E-state index is 11.4. The molecule has 0 radical (unpaired) electrons. The Bertz CT molecular complexity index is 333. The fourth-order valence-electron chi connectivity index (χ4n) is 1.35. The van der Waals surface area contributed by atoms with Crippen LogP contribution >= 0.6 is 12.6 Å². The minimum absolute atomic E-state index is 0.00656. The van der Waals surface area contributed by atoms with Crippen LogP contribution in [-0.4, -0.2) is 38.6 Å². The van der Waals surface area contributed by atoms with Gasteiger partial charge in [0.1, 0.15) is 9.84 Å². The molecule has 1 amide bonds. The fraction of sp³-hybridized carbons (Fsp3) is 0.889. The first-order valence-corrected chi connectivity index (χ1v) is 7.61. The summed E-state index contributed by atoms with van der Waals surface area (Å²) in [6.45, 7) is 0.209. The first kappa shape index (κ1) is 12.8. The van der Waals surface area contributed by atoms with E-state index >= 15 is 0 Å². The number of nitrogens with one attached hydrogen (secondary N) is 1. The van der Waals surface area contributed by atoms with Gasteiger partial charge in [0.15, 0.2) is 0 Å². The molecule has 4 nitrogen and oxygen atoms in total. The fourth-order valence-corrected chi connectivity index (χ4v) is 2.25. The van der Waals surface area contributed by atoms with E-state index in [0.717, 1.165) is 24.9 Å². The summed E-state index contributed by atoms with van der Waals surface area (Å²) < 4.78 is 21.6. The van der Waals surface area contributed by atoms with Crippen molar-refractivity contribution in [3.63, 3.8) is 0 Å². The summed E-state index contributed by atoms with van der Waals surface area (Å²) in [6.07, 6.45) is 3.74. The second-order valence-corrected chi connectivity index (χ2v) is 6.89. The van der Waals surface area contributed by atoms with Gasteiger partial charge in [0, 0.05) is 19.2 Å². The number of hydrogen-bond acceptors (Lipinski definition) is 4. The van der Waals surface area contributed by atoms with Crippen LogP contribution in [0.25, 0.3) is 0 Å². The van der Waals surface area contributed by atoms with Gasteiger partial charge in [-0.15, -0.1) is 0 Å². The lowest BCUT2D eigenvalue weighted by Crippen LogP contribution is -2.30. The third-order valence-corrected chi connectivity index (χ3v) is 4.24. The molecule has 0 aromatic carbocycles. The number of sulfone groups is 1. The standard InChI is InChI=1S/C9H17NO3S2/c1-15(12,13)5-4-10-8(11)6-9(7-14)2-3-9/h14H,2-7H2,1H3,(H,10,11). The van der Waals surface area contributed by atoms with Crippen LogP contribution in [0.2, 0.25) is 0 Å². The number of carbonyl (C=O) groups excluding carboxylic acids is 1. The maximum absolute atomic E-state index is 11.4. The predicted molar refractivity (Wildman–Crippen MR) is 62.9 cm³/mol. The van der Waals surface area contributed by atoms with Gasteiger partial charge in [0.05, 0.1) is 5.75 Å². The van der Waals surface area contributed by atoms with Gasteiger partial charge in [-0.25, -0.2) is 8.42 Å². The Morgan fingerprint density at radius 1 is 1.47 bits per heavy atom. The van der Waals surface area contributed by atoms with Crippen LogP contribution in [-0.2, 0) is 14.6 Å². The highest BCUT2D eigenvalue weighted by molar-refractivity contribution is 7.90. The van der Waals surface area contributed by atoms with E-state index < -0.39 is 9.84 Å². The molecule has 1 aliphatic rings. The monoisotopic (exact) mass is 251 g/mol. The second-order valence-electron chi connectivity index (χ2n) is 4.31. The van der Waals surface area contributed by atoms with Crippen molar-refractivity contribution in [2.75, 3.05) is 24.3 Å². The smallest absolute Gasteiger partial charge is 0.220 e. The maximum Gasteiger partial charge on any atom is 0.220 e. The Kier molecular flexibility index (Phi) is 4.06. The highest BCUT2D eigenvalue weighted by Gasteiger charge is 2.42. The first-order valence-electron chi connectivity index (χ1n) is 4.92. The van der Waals surface area contributed by atoms with Gasteiger partial charge in [-0.05, 0) is 24.0 Å². The molecular weight excluding hydrogens is 234 g/mol. The Balaban J connectivity index is 2.20. The Morgan fingerprint density at radius 2 is 2.07 bits per heavy atom. The molecule has 6 heteroatoms. The zero-order valence-corrected chi connectivity index (χ0v) is 10.5. The van der Waals surface area contributed by atoms with Crippen LogP contribution in [0.3, 0.4) is 0 Å². The molecule has 0 heterocycles. The Hall–Kier alpha value is -0.230. The van der Waals surface area contributed by atoms with Crippen molar-refractivity contribution >= 4 is 28.4 Å². The van der Waals surface area contributed by atoms with Crippen molar-refractivity contribution in [2.45, 2.75) is 19.3 Å². The molecule has 0 aromatic heterocycles. The molecule has 0 bridgehead atoms. The van der Waals surface area contributed by atoms with Crippen LogP contribution < -0.4 is 5.32 Å². The van der Waals surface area contributed by atoms with Gasteiger partial charge >= 0.3 is 0 Å². The highest BCUT2D eigenvalue weighted by atomic mass is 32.2. The summed E-state index contributed by atoms with van der Waals surface area (Å²) in [4.78, 5) is 11.4. The quantitative estimate of drug-likeness (QED) is 0.665. The molecule has 1 N–H and O–H groups in total. The molecule has 15 heavy (non-hydrogen) atoms. The minimum Gasteiger partial charge on any atom is -0.355 e. The molecule has 1 aliphatic carbocycles. The molecule has 88 valence electrons. The number of rotatable bonds is 6. The summed E-state index contributed by atoms with van der Waals surface area (Å²) in [5.41, 5.74) is 0.0955. The van der Waals surface area contributed by atoms with Crippen LogP contribution in [0.1, 0.15) is 19.3 Å². The Morgan fingerprint density at radius 3 is 2.47 bits per heavy atom. The van der Waals surface area contributed by atoms with E-state index in [2.05, 4.69) is 17.9 Å². The van der Waals surface area contributed by atoms with Gasteiger partial charge in [-0.2, -0.15) is 12.6 Å². The molecule has 1 fully saturated rings. The van der Waals surface area contributed by atoms with Crippen molar-refractivity contribution in [3.8, 4) is 0 Å². The first-order chi connectivity index (χ1) is 6.87. The topological polar surface area (TPSA) is 63.2 Å². The normalized spacial score (nSPS) is 18.5. The zero-order chi connectivity index (χ0) is 11.5. The van der Waals surface area contributed by atoms with E-state index in [-0.39, 0.29) is 23.6 Å². The van der Waals surface area contributed by atoms with E-state index in [4.69, 9.17) is 0 Å². The summed E-state index contributed by atoms with van der Waals surface area (Å²) in [5, 5.41) is 2.62. The van der Waals surface area contributed by atoms with Crippen LogP contribution in [0.5, 0.6) is 0 Å². The molecule has 0 atom stereocenters. The third-order valence-electron chi connectivity index (χ3n) is 2.62. The van der Waals surface area contributed by atoms with Crippen molar-refractivity contribution in [3.05, 3.63) is 0 Å². The predicted octanol–water partition coefficient (Wildman–Crippen LogP) is 0.247. The van der Waals surface area contributed by atoms with E-state index in [9.17, 15) is 13.2 Å². The molecule has 0 saturated heterocycles. The van der Waals surface area contributed by atoms with Crippen LogP contribution in [0.4, 0.5) is 0 Å². The summed E-state index contributed by atoms with van der Waals surface area (Å²) in [5.74, 6) is 0.671. The Labute approximate surface area is 96.1 Å². The van der Waals surface area contributed by atoms with Crippen molar-refractivity contribution in [1.29, 1.82) is 0 Å². The number of thiol groups is 1. The summed E-state index contributed by atoms with van der Waals surface area (Å²) in [7, 11) is -2.98. The lowest BCUT2D eigenvalue weighted by molar-refractivity contribution is -0.121. The molecule has 1 rings (SSSR count). The summed E-state index contributed by atoms with van der Waals surface area (Å²) >= 11 is 4.20. The molecule has 0 aromatic rings.